The molecule has 10 heteroatoms. The molecular weight excluding hydrogens is 508 g/mol. The Labute approximate surface area is 227 Å². The molecule has 2 amide bonds. The summed E-state index contributed by atoms with van der Waals surface area (Å²) in [7, 11) is 3.01. The van der Waals surface area contributed by atoms with Gasteiger partial charge in [-0.25, -0.2) is 0 Å². The number of rotatable bonds is 14. The van der Waals surface area contributed by atoms with E-state index in [2.05, 4.69) is 10.6 Å². The van der Waals surface area contributed by atoms with Gasteiger partial charge in [-0.1, -0.05) is 19.9 Å². The van der Waals surface area contributed by atoms with Gasteiger partial charge in [0.1, 0.15) is 17.5 Å². The summed E-state index contributed by atoms with van der Waals surface area (Å²) in [6.45, 7) is 7.46. The van der Waals surface area contributed by atoms with Crippen molar-refractivity contribution in [2.24, 2.45) is 5.92 Å². The summed E-state index contributed by atoms with van der Waals surface area (Å²) in [6.07, 6.45) is -0.626. The topological polar surface area (TPSA) is 131 Å². The molecule has 0 spiro atoms. The van der Waals surface area contributed by atoms with Gasteiger partial charge in [0.15, 0.2) is 5.78 Å². The van der Waals surface area contributed by atoms with E-state index in [1.807, 2.05) is 32.0 Å². The van der Waals surface area contributed by atoms with Crippen molar-refractivity contribution in [1.29, 1.82) is 0 Å². The molecule has 38 heavy (non-hydrogen) atoms. The van der Waals surface area contributed by atoms with Crippen LogP contribution in [0.1, 0.15) is 37.0 Å². The number of Topliss-reactive ketones (excluding diaryl/α,β-unsaturated/α-hetero) is 1. The molecule has 0 aromatic heterocycles. The summed E-state index contributed by atoms with van der Waals surface area (Å²) in [5.41, 5.74) is 2.79. The molecule has 9 nitrogen and oxygen atoms in total. The van der Waals surface area contributed by atoms with Gasteiger partial charge in [0.25, 0.3) is 0 Å². The zero-order valence-corrected chi connectivity index (χ0v) is 23.4. The molecule has 0 aliphatic carbocycles. The monoisotopic (exact) mass is 544 g/mol. The van der Waals surface area contributed by atoms with Gasteiger partial charge in [-0.2, -0.15) is 0 Å². The molecule has 2 rings (SSSR count). The van der Waals surface area contributed by atoms with Crippen LogP contribution >= 0.6 is 11.8 Å². The number of benzene rings is 2. The second-order valence-electron chi connectivity index (χ2n) is 9.30. The number of carbonyl (C=O) groups is 4. The van der Waals surface area contributed by atoms with E-state index in [4.69, 9.17) is 9.47 Å². The zero-order chi connectivity index (χ0) is 28.4. The summed E-state index contributed by atoms with van der Waals surface area (Å²) in [5, 5.41) is 14.6. The Kier molecular flexibility index (Phi) is 11.6. The van der Waals surface area contributed by atoms with Gasteiger partial charge >= 0.3 is 5.97 Å². The van der Waals surface area contributed by atoms with Crippen LogP contribution in [-0.4, -0.2) is 60.7 Å². The van der Waals surface area contributed by atoms with Crippen LogP contribution in [0.2, 0.25) is 0 Å². The third kappa shape index (κ3) is 9.09. The van der Waals surface area contributed by atoms with E-state index in [1.54, 1.807) is 32.0 Å². The standard InChI is InChI=1S/C28H36N2O7S/c1-16(2)27(30-25(32)13-19-12-20(36-5)8-10-24(19)37-6)28(35)29-22(14-26(33)34)23(31)15-38-21-9-7-17(3)18(4)11-21/h7-12,16,22,27H,13-15H2,1-6H3,(H,29,35)(H,30,32)(H,33,34). The summed E-state index contributed by atoms with van der Waals surface area (Å²) >= 11 is 1.28. The van der Waals surface area contributed by atoms with E-state index in [0.29, 0.717) is 17.1 Å². The number of amides is 2. The average molecular weight is 545 g/mol. The molecule has 0 heterocycles. The second-order valence-corrected chi connectivity index (χ2v) is 10.4. The molecule has 2 unspecified atom stereocenters. The maximum Gasteiger partial charge on any atom is 0.305 e. The van der Waals surface area contributed by atoms with Crippen molar-refractivity contribution in [1.82, 2.24) is 10.6 Å². The smallest absolute Gasteiger partial charge is 0.305 e. The minimum atomic E-state index is -1.23. The minimum absolute atomic E-state index is 0.00489. The lowest BCUT2D eigenvalue weighted by atomic mass is 10.0. The quantitative estimate of drug-likeness (QED) is 0.309. The molecule has 0 bridgehead atoms. The largest absolute Gasteiger partial charge is 0.497 e. The number of hydrogen-bond donors (Lipinski definition) is 3. The zero-order valence-electron chi connectivity index (χ0n) is 22.6. The number of thioether (sulfide) groups is 1. The number of nitrogens with one attached hydrogen (secondary N) is 2. The second kappa shape index (κ2) is 14.4. The Hall–Kier alpha value is -3.53. The number of ketones is 1. The van der Waals surface area contributed by atoms with E-state index in [1.165, 1.54) is 26.0 Å². The predicted octanol–water partition coefficient (Wildman–Crippen LogP) is 3.32. The molecule has 0 radical (unpaired) electrons. The molecule has 0 fully saturated rings. The van der Waals surface area contributed by atoms with Crippen LogP contribution < -0.4 is 20.1 Å². The van der Waals surface area contributed by atoms with Crippen molar-refractivity contribution in [3.63, 3.8) is 0 Å². The van der Waals surface area contributed by atoms with Gasteiger partial charge in [-0.3, -0.25) is 19.2 Å². The Bertz CT molecular complexity index is 1170. The van der Waals surface area contributed by atoms with E-state index < -0.39 is 42.1 Å². The highest BCUT2D eigenvalue weighted by Gasteiger charge is 2.30. The van der Waals surface area contributed by atoms with E-state index in [9.17, 15) is 24.3 Å². The number of aliphatic carboxylic acids is 1. The fourth-order valence-corrected chi connectivity index (χ4v) is 4.63. The first-order valence-corrected chi connectivity index (χ1v) is 13.2. The highest BCUT2D eigenvalue weighted by Crippen LogP contribution is 2.25. The van der Waals surface area contributed by atoms with Crippen LogP contribution in [-0.2, 0) is 25.6 Å². The summed E-state index contributed by atoms with van der Waals surface area (Å²) in [4.78, 5) is 51.2. The van der Waals surface area contributed by atoms with E-state index in [-0.39, 0.29) is 18.1 Å². The maximum absolute atomic E-state index is 13.1. The summed E-state index contributed by atoms with van der Waals surface area (Å²) in [6, 6.07) is 8.68. The molecule has 2 aromatic carbocycles. The third-order valence-corrected chi connectivity index (χ3v) is 7.06. The lowest BCUT2D eigenvalue weighted by Crippen LogP contribution is -2.54. The first-order chi connectivity index (χ1) is 17.9. The number of aryl methyl sites for hydroxylation is 2. The highest BCUT2D eigenvalue weighted by molar-refractivity contribution is 8.00. The average Bonchev–Trinajstić information content (AvgIpc) is 2.86. The van der Waals surface area contributed by atoms with Gasteiger partial charge in [0.05, 0.1) is 38.9 Å². The minimum Gasteiger partial charge on any atom is -0.497 e. The predicted molar refractivity (Wildman–Crippen MR) is 146 cm³/mol. The van der Waals surface area contributed by atoms with Crippen LogP contribution in [0.25, 0.3) is 0 Å². The van der Waals surface area contributed by atoms with Gasteiger partial charge < -0.3 is 25.2 Å². The summed E-state index contributed by atoms with van der Waals surface area (Å²) in [5.74, 6) is -1.96. The van der Waals surface area contributed by atoms with Crippen molar-refractivity contribution < 1.29 is 33.8 Å². The van der Waals surface area contributed by atoms with Crippen LogP contribution in [0.5, 0.6) is 11.5 Å². The highest BCUT2D eigenvalue weighted by atomic mass is 32.2. The lowest BCUT2D eigenvalue weighted by molar-refractivity contribution is -0.140. The number of carbonyl (C=O) groups excluding carboxylic acids is 3. The van der Waals surface area contributed by atoms with Crippen molar-refractivity contribution in [2.75, 3.05) is 20.0 Å². The molecule has 0 saturated carbocycles. The number of hydrogen-bond acceptors (Lipinski definition) is 7. The summed E-state index contributed by atoms with van der Waals surface area (Å²) < 4.78 is 10.5. The van der Waals surface area contributed by atoms with Crippen LogP contribution in [0.4, 0.5) is 0 Å². The van der Waals surface area contributed by atoms with E-state index >= 15 is 0 Å². The van der Waals surface area contributed by atoms with Gasteiger partial charge in [-0.15, -0.1) is 11.8 Å². The number of ether oxygens (including phenoxy) is 2. The number of carboxylic acid groups (broad SMARTS) is 1. The third-order valence-electron chi connectivity index (χ3n) is 6.05. The van der Waals surface area contributed by atoms with Crippen molar-refractivity contribution in [3.05, 3.63) is 53.1 Å². The fraction of sp³-hybridized carbons (Fsp3) is 0.429. The van der Waals surface area contributed by atoms with Gasteiger partial charge in [0, 0.05) is 10.5 Å². The molecule has 2 aromatic rings. The molecule has 206 valence electrons. The molecule has 0 aliphatic rings. The molecule has 0 saturated heterocycles. The van der Waals surface area contributed by atoms with Crippen molar-refractivity contribution in [3.8, 4) is 11.5 Å². The van der Waals surface area contributed by atoms with Crippen LogP contribution in [0.3, 0.4) is 0 Å². The van der Waals surface area contributed by atoms with Crippen LogP contribution in [0, 0.1) is 19.8 Å². The normalized spacial score (nSPS) is 12.4. The lowest BCUT2D eigenvalue weighted by Gasteiger charge is -2.25. The first kappa shape index (κ1) is 30.7. The van der Waals surface area contributed by atoms with Crippen molar-refractivity contribution in [2.45, 2.75) is 57.5 Å². The first-order valence-electron chi connectivity index (χ1n) is 12.2. The van der Waals surface area contributed by atoms with E-state index in [0.717, 1.165) is 16.0 Å². The molecular formula is C28H36N2O7S. The maximum atomic E-state index is 13.1. The van der Waals surface area contributed by atoms with Crippen molar-refractivity contribution >= 4 is 35.3 Å². The number of carboxylic acids is 1. The Morgan fingerprint density at radius 1 is 0.947 bits per heavy atom. The van der Waals surface area contributed by atoms with Gasteiger partial charge in [0.2, 0.25) is 11.8 Å². The Morgan fingerprint density at radius 2 is 1.66 bits per heavy atom. The molecule has 0 aliphatic heterocycles. The Morgan fingerprint density at radius 3 is 2.24 bits per heavy atom. The molecule has 2 atom stereocenters. The van der Waals surface area contributed by atoms with Gasteiger partial charge in [-0.05, 0) is 61.2 Å². The SMILES string of the molecule is COc1ccc(OC)c(CC(=O)NC(C(=O)NC(CC(=O)O)C(=O)CSc2ccc(C)c(C)c2)C(C)C)c1. The Balaban J connectivity index is 2.10. The number of methoxy groups -OCH3 is 2. The van der Waals surface area contributed by atoms with Crippen LogP contribution in [0.15, 0.2) is 41.3 Å². The fourth-order valence-electron chi connectivity index (χ4n) is 3.69. The molecule has 3 N–H and O–H groups in total.